The van der Waals surface area contributed by atoms with Gasteiger partial charge in [-0.3, -0.25) is 4.99 Å². The molecule has 0 aliphatic heterocycles. The van der Waals surface area contributed by atoms with Crippen molar-refractivity contribution < 1.29 is 4.42 Å². The molecule has 0 fully saturated rings. The van der Waals surface area contributed by atoms with Gasteiger partial charge in [-0.05, 0) is 43.0 Å². The summed E-state index contributed by atoms with van der Waals surface area (Å²) in [5, 5.41) is 3.56. The van der Waals surface area contributed by atoms with Gasteiger partial charge in [0.15, 0.2) is 11.7 Å². The minimum atomic E-state index is 0.515. The van der Waals surface area contributed by atoms with Crippen molar-refractivity contribution in [2.75, 3.05) is 0 Å². The SMILES string of the molecule is C=NC(=NC(=NCc1ccccc1)c1ccccc1)c1cccc(-n2c3ccccc3c3cc4c5c(oc4cc32)CCC=C5)c1. The molecule has 0 unspecified atom stereocenters. The Hall–Kier alpha value is -5.81. The summed E-state index contributed by atoms with van der Waals surface area (Å²) in [5.74, 6) is 2.20. The summed E-state index contributed by atoms with van der Waals surface area (Å²) >= 11 is 0. The van der Waals surface area contributed by atoms with Crippen molar-refractivity contribution in [3.63, 3.8) is 0 Å². The number of para-hydroxylation sites is 1. The maximum Gasteiger partial charge on any atom is 0.161 e. The average molecular weight is 583 g/mol. The lowest BCUT2D eigenvalue weighted by Crippen LogP contribution is -2.06. The van der Waals surface area contributed by atoms with Crippen molar-refractivity contribution >= 4 is 57.2 Å². The Morgan fingerprint density at radius 1 is 0.711 bits per heavy atom. The van der Waals surface area contributed by atoms with Crippen LogP contribution in [-0.4, -0.2) is 23.0 Å². The average Bonchev–Trinajstić information content (AvgIpc) is 3.63. The molecule has 1 aliphatic carbocycles. The van der Waals surface area contributed by atoms with Crippen LogP contribution < -0.4 is 0 Å². The zero-order valence-electron chi connectivity index (χ0n) is 24.7. The third kappa shape index (κ3) is 4.88. The molecule has 1 aliphatic rings. The highest BCUT2D eigenvalue weighted by Gasteiger charge is 2.19. The molecule has 216 valence electrons. The maximum absolute atomic E-state index is 6.39. The second-order valence-corrected chi connectivity index (χ2v) is 11.2. The highest BCUT2D eigenvalue weighted by atomic mass is 16.3. The van der Waals surface area contributed by atoms with Gasteiger partial charge in [-0.1, -0.05) is 103 Å². The lowest BCUT2D eigenvalue weighted by molar-refractivity contribution is 0.546. The van der Waals surface area contributed by atoms with Crippen molar-refractivity contribution in [2.24, 2.45) is 15.0 Å². The van der Waals surface area contributed by atoms with Gasteiger partial charge < -0.3 is 8.98 Å². The zero-order valence-corrected chi connectivity index (χ0v) is 24.7. The summed E-state index contributed by atoms with van der Waals surface area (Å²) in [6, 6.07) is 41.6. The normalized spacial score (nSPS) is 13.5. The smallest absolute Gasteiger partial charge is 0.161 e. The number of hydrogen-bond acceptors (Lipinski definition) is 2. The molecule has 0 saturated carbocycles. The number of rotatable bonds is 5. The summed E-state index contributed by atoms with van der Waals surface area (Å²) < 4.78 is 8.68. The van der Waals surface area contributed by atoms with E-state index in [2.05, 4.69) is 89.1 Å². The summed E-state index contributed by atoms with van der Waals surface area (Å²) in [6.45, 7) is 4.41. The van der Waals surface area contributed by atoms with Crippen LogP contribution in [0.5, 0.6) is 0 Å². The lowest BCUT2D eigenvalue weighted by Gasteiger charge is -2.11. The highest BCUT2D eigenvalue weighted by molar-refractivity contribution is 6.15. The monoisotopic (exact) mass is 582 g/mol. The predicted octanol–water partition coefficient (Wildman–Crippen LogP) is 9.58. The number of benzene rings is 5. The minimum absolute atomic E-state index is 0.515. The van der Waals surface area contributed by atoms with E-state index in [9.17, 15) is 0 Å². The van der Waals surface area contributed by atoms with E-state index in [1.165, 1.54) is 21.7 Å². The van der Waals surface area contributed by atoms with Crippen LogP contribution in [0.15, 0.2) is 147 Å². The van der Waals surface area contributed by atoms with Crippen LogP contribution in [0.4, 0.5) is 0 Å². The van der Waals surface area contributed by atoms with Gasteiger partial charge in [-0.15, -0.1) is 0 Å². The van der Waals surface area contributed by atoms with Crippen molar-refractivity contribution in [1.29, 1.82) is 0 Å². The molecule has 7 aromatic rings. The van der Waals surface area contributed by atoms with Gasteiger partial charge in [0.1, 0.15) is 11.3 Å². The fourth-order valence-electron chi connectivity index (χ4n) is 6.29. The van der Waals surface area contributed by atoms with E-state index >= 15 is 0 Å². The van der Waals surface area contributed by atoms with Gasteiger partial charge in [-0.2, -0.15) is 0 Å². The molecule has 5 aromatic carbocycles. The van der Waals surface area contributed by atoms with Crippen LogP contribution in [-0.2, 0) is 13.0 Å². The number of aliphatic imine (C=N–C) groups is 3. The number of aromatic nitrogens is 1. The van der Waals surface area contributed by atoms with Crippen molar-refractivity contribution in [3.05, 3.63) is 155 Å². The number of fused-ring (bicyclic) bond motifs is 6. The van der Waals surface area contributed by atoms with Crippen LogP contribution in [0, 0.1) is 0 Å². The fourth-order valence-corrected chi connectivity index (χ4v) is 6.29. The molecule has 0 bridgehead atoms. The molecule has 0 N–H and O–H groups in total. The van der Waals surface area contributed by atoms with Crippen molar-refractivity contribution in [1.82, 2.24) is 4.57 Å². The Kier molecular flexibility index (Phi) is 6.76. The minimum Gasteiger partial charge on any atom is -0.460 e. The van der Waals surface area contributed by atoms with E-state index in [-0.39, 0.29) is 0 Å². The second-order valence-electron chi connectivity index (χ2n) is 11.2. The molecule has 2 heterocycles. The Balaban J connectivity index is 1.27. The number of aryl methyl sites for hydroxylation is 1. The first-order valence-electron chi connectivity index (χ1n) is 15.2. The number of furan rings is 1. The quantitative estimate of drug-likeness (QED) is 0.147. The molecular formula is C40H30N4O. The first-order chi connectivity index (χ1) is 22.3. The number of hydrogen-bond donors (Lipinski definition) is 0. The molecule has 0 saturated heterocycles. The summed E-state index contributed by atoms with van der Waals surface area (Å²) in [5.41, 5.74) is 8.24. The Morgan fingerprint density at radius 2 is 1.49 bits per heavy atom. The van der Waals surface area contributed by atoms with Crippen LogP contribution in [0.3, 0.4) is 0 Å². The van der Waals surface area contributed by atoms with E-state index < -0.39 is 0 Å². The van der Waals surface area contributed by atoms with Crippen LogP contribution in [0.1, 0.15) is 34.4 Å². The first kappa shape index (κ1) is 26.8. The van der Waals surface area contributed by atoms with E-state index in [0.29, 0.717) is 18.2 Å². The maximum atomic E-state index is 6.39. The molecule has 0 amide bonds. The predicted molar refractivity (Wildman–Crippen MR) is 187 cm³/mol. The standard InChI is InChI=1S/C40H30N4O/c1-41-39(43-40(28-15-6-3-7-16-28)42-26-27-13-4-2-5-14-27)29-17-12-18-30(23-29)44-35-21-10-8-19-31(35)33-24-34-32-20-9-11-22-37(32)45-38(34)25-36(33)44/h2-10,12-21,23-25H,1,11,22,26H2. The molecule has 8 rings (SSSR count). The van der Waals surface area contributed by atoms with Gasteiger partial charge in [0.05, 0.1) is 17.6 Å². The Morgan fingerprint density at radius 3 is 2.33 bits per heavy atom. The lowest BCUT2D eigenvalue weighted by atomic mass is 10.0. The van der Waals surface area contributed by atoms with E-state index in [4.69, 9.17) is 14.4 Å². The topological polar surface area (TPSA) is 55.1 Å². The molecule has 0 radical (unpaired) electrons. The Labute approximate surface area is 261 Å². The second kappa shape index (κ2) is 11.4. The number of nitrogens with zero attached hydrogens (tertiary/aromatic N) is 4. The molecule has 5 nitrogen and oxygen atoms in total. The Bertz CT molecular complexity index is 2300. The van der Waals surface area contributed by atoms with E-state index in [0.717, 1.165) is 57.6 Å². The van der Waals surface area contributed by atoms with Crippen molar-refractivity contribution in [3.8, 4) is 5.69 Å². The van der Waals surface area contributed by atoms with E-state index in [1.807, 2.05) is 60.7 Å². The molecule has 0 spiro atoms. The van der Waals surface area contributed by atoms with Gasteiger partial charge in [-0.25, -0.2) is 9.98 Å². The zero-order chi connectivity index (χ0) is 30.2. The fraction of sp³-hybridized carbons (Fsp3) is 0.0750. The van der Waals surface area contributed by atoms with Gasteiger partial charge in [0.25, 0.3) is 0 Å². The number of amidine groups is 2. The highest BCUT2D eigenvalue weighted by Crippen LogP contribution is 2.39. The molecular weight excluding hydrogens is 552 g/mol. The van der Waals surface area contributed by atoms with Crippen LogP contribution in [0.25, 0.3) is 44.5 Å². The molecule has 0 atom stereocenters. The molecule has 45 heavy (non-hydrogen) atoms. The van der Waals surface area contributed by atoms with Gasteiger partial charge in [0.2, 0.25) is 0 Å². The summed E-state index contributed by atoms with van der Waals surface area (Å²) in [6.07, 6.45) is 6.38. The molecule has 2 aromatic heterocycles. The molecule has 5 heteroatoms. The summed E-state index contributed by atoms with van der Waals surface area (Å²) in [4.78, 5) is 14.3. The van der Waals surface area contributed by atoms with Crippen LogP contribution >= 0.6 is 0 Å². The van der Waals surface area contributed by atoms with Crippen molar-refractivity contribution in [2.45, 2.75) is 19.4 Å². The third-order valence-corrected chi connectivity index (χ3v) is 8.43. The number of allylic oxidation sites excluding steroid dienone is 1. The van der Waals surface area contributed by atoms with Gasteiger partial charge >= 0.3 is 0 Å². The van der Waals surface area contributed by atoms with Crippen LogP contribution in [0.2, 0.25) is 0 Å². The van der Waals surface area contributed by atoms with E-state index in [1.54, 1.807) is 0 Å². The largest absolute Gasteiger partial charge is 0.460 e. The third-order valence-electron chi connectivity index (χ3n) is 8.43. The summed E-state index contributed by atoms with van der Waals surface area (Å²) in [7, 11) is 0. The first-order valence-corrected chi connectivity index (χ1v) is 15.2. The van der Waals surface area contributed by atoms with Gasteiger partial charge in [0, 0.05) is 51.0 Å².